The van der Waals surface area contributed by atoms with Crippen molar-refractivity contribution in [3.63, 3.8) is 0 Å². The van der Waals surface area contributed by atoms with Gasteiger partial charge < -0.3 is 0 Å². The minimum atomic E-state index is -0.296. The fourth-order valence-electron chi connectivity index (χ4n) is 3.38. The van der Waals surface area contributed by atoms with E-state index in [1.807, 2.05) is 18.2 Å². The predicted octanol–water partition coefficient (Wildman–Crippen LogP) is 3.74. The maximum atomic E-state index is 12.9. The number of Topliss-reactive ketones (excluding diaryl/α,β-unsaturated/α-hetero) is 1. The number of carbonyl (C=O) groups is 1. The SMILES string of the molecule is O=C(c1ccc(F)cc1)C12CC1(c1ccccc1)C2. The molecule has 0 N–H and O–H groups in total. The van der Waals surface area contributed by atoms with Gasteiger partial charge in [-0.25, -0.2) is 4.39 Å². The lowest BCUT2D eigenvalue weighted by Crippen LogP contribution is -2.07. The average Bonchev–Trinajstić information content (AvgIpc) is 3.27. The Balaban J connectivity index is 1.64. The van der Waals surface area contributed by atoms with E-state index in [0.29, 0.717) is 5.56 Å². The summed E-state index contributed by atoms with van der Waals surface area (Å²) in [7, 11) is 0. The summed E-state index contributed by atoms with van der Waals surface area (Å²) in [5, 5.41) is 0. The standard InChI is InChI=1S/C17H13FO/c18-14-8-6-12(7-9-14)15(19)17-10-16(17,11-17)13-4-2-1-3-5-13/h1-9H,10-11H2. The molecule has 2 heteroatoms. The predicted molar refractivity (Wildman–Crippen MR) is 70.5 cm³/mol. The highest BCUT2D eigenvalue weighted by molar-refractivity contribution is 6.08. The Morgan fingerprint density at radius 3 is 2.21 bits per heavy atom. The summed E-state index contributed by atoms with van der Waals surface area (Å²) in [5.74, 6) is -0.119. The minimum absolute atomic E-state index is 0.0831. The Bertz CT molecular complexity index is 651. The van der Waals surface area contributed by atoms with Crippen molar-refractivity contribution in [1.82, 2.24) is 0 Å². The first-order valence-electron chi connectivity index (χ1n) is 6.54. The van der Waals surface area contributed by atoms with E-state index < -0.39 is 0 Å². The van der Waals surface area contributed by atoms with Gasteiger partial charge in [0.15, 0.2) is 5.78 Å². The molecule has 0 heterocycles. The van der Waals surface area contributed by atoms with Crippen LogP contribution in [0.25, 0.3) is 0 Å². The molecule has 2 aromatic carbocycles. The Hall–Kier alpha value is -1.96. The Morgan fingerprint density at radius 2 is 1.58 bits per heavy atom. The van der Waals surface area contributed by atoms with Gasteiger partial charge >= 0.3 is 0 Å². The average molecular weight is 252 g/mol. The van der Waals surface area contributed by atoms with Crippen LogP contribution in [0.1, 0.15) is 28.8 Å². The lowest BCUT2D eigenvalue weighted by molar-refractivity contribution is 0.0936. The van der Waals surface area contributed by atoms with E-state index in [1.54, 1.807) is 12.1 Å². The Labute approximate surface area is 111 Å². The molecule has 2 aliphatic rings. The molecule has 1 nitrogen and oxygen atoms in total. The van der Waals surface area contributed by atoms with Crippen LogP contribution in [0.2, 0.25) is 0 Å². The molecule has 94 valence electrons. The summed E-state index contributed by atoms with van der Waals surface area (Å²) in [4.78, 5) is 12.5. The van der Waals surface area contributed by atoms with Crippen LogP contribution in [0.15, 0.2) is 54.6 Å². The summed E-state index contributed by atoms with van der Waals surface area (Å²) in [5.41, 5.74) is 1.80. The minimum Gasteiger partial charge on any atom is -0.294 e. The van der Waals surface area contributed by atoms with Gasteiger partial charge in [0.05, 0.1) is 0 Å². The maximum Gasteiger partial charge on any atom is 0.169 e. The molecule has 0 unspecified atom stereocenters. The third-order valence-corrected chi connectivity index (χ3v) is 4.74. The van der Waals surface area contributed by atoms with Gasteiger partial charge in [-0.1, -0.05) is 30.3 Å². The number of rotatable bonds is 3. The van der Waals surface area contributed by atoms with Crippen LogP contribution < -0.4 is 0 Å². The maximum absolute atomic E-state index is 12.9. The monoisotopic (exact) mass is 252 g/mol. The molecule has 2 aromatic rings. The number of hydrogen-bond donors (Lipinski definition) is 0. The third-order valence-electron chi connectivity index (χ3n) is 4.74. The largest absolute Gasteiger partial charge is 0.294 e. The van der Waals surface area contributed by atoms with Gasteiger partial charge in [0.25, 0.3) is 0 Å². The van der Waals surface area contributed by atoms with Gasteiger partial charge in [-0.15, -0.1) is 0 Å². The first kappa shape index (κ1) is 10.9. The number of ketones is 1. The molecule has 0 spiro atoms. The summed E-state index contributed by atoms with van der Waals surface area (Å²) in [6, 6.07) is 16.2. The van der Waals surface area contributed by atoms with Gasteiger partial charge in [-0.3, -0.25) is 4.79 Å². The molecule has 2 aliphatic carbocycles. The molecule has 2 saturated carbocycles. The van der Waals surface area contributed by atoms with Crippen LogP contribution in [0, 0.1) is 11.2 Å². The molecule has 0 bridgehead atoms. The molecule has 0 radical (unpaired) electrons. The quantitative estimate of drug-likeness (QED) is 0.760. The fraction of sp³-hybridized carbons (Fsp3) is 0.235. The summed E-state index contributed by atoms with van der Waals surface area (Å²) >= 11 is 0. The van der Waals surface area contributed by atoms with Crippen molar-refractivity contribution in [3.05, 3.63) is 71.5 Å². The second-order valence-corrected chi connectivity index (χ2v) is 5.72. The zero-order valence-corrected chi connectivity index (χ0v) is 10.4. The van der Waals surface area contributed by atoms with E-state index in [4.69, 9.17) is 0 Å². The normalized spacial score (nSPS) is 30.6. The Morgan fingerprint density at radius 1 is 0.947 bits per heavy atom. The highest BCUT2D eigenvalue weighted by Gasteiger charge is 2.86. The van der Waals surface area contributed by atoms with Crippen LogP contribution in [-0.4, -0.2) is 5.78 Å². The molecule has 4 rings (SSSR count). The van der Waals surface area contributed by atoms with Crippen LogP contribution in [0.5, 0.6) is 0 Å². The lowest BCUT2D eigenvalue weighted by Gasteiger charge is -2.01. The lowest BCUT2D eigenvalue weighted by atomic mass is 10.0. The smallest absolute Gasteiger partial charge is 0.169 e. The molecular formula is C17H13FO. The highest BCUT2D eigenvalue weighted by atomic mass is 19.1. The molecule has 19 heavy (non-hydrogen) atoms. The molecule has 0 aromatic heterocycles. The second kappa shape index (κ2) is 3.32. The van der Waals surface area contributed by atoms with Crippen molar-refractivity contribution in [1.29, 1.82) is 0 Å². The zero-order chi connectivity index (χ0) is 13.1. The molecule has 2 fully saturated rings. The van der Waals surface area contributed by atoms with Crippen LogP contribution in [0.4, 0.5) is 4.39 Å². The van der Waals surface area contributed by atoms with Gasteiger partial charge in [-0.05, 0) is 42.7 Å². The van der Waals surface area contributed by atoms with Crippen molar-refractivity contribution in [2.24, 2.45) is 5.41 Å². The van der Waals surface area contributed by atoms with E-state index >= 15 is 0 Å². The zero-order valence-electron chi connectivity index (χ0n) is 10.4. The van der Waals surface area contributed by atoms with Gasteiger partial charge in [0.1, 0.15) is 5.82 Å². The Kier molecular flexibility index (Phi) is 1.91. The number of hydrogen-bond acceptors (Lipinski definition) is 1. The summed E-state index contributed by atoms with van der Waals surface area (Å²) in [6.45, 7) is 0. The van der Waals surface area contributed by atoms with E-state index in [2.05, 4.69) is 12.1 Å². The fourth-order valence-corrected chi connectivity index (χ4v) is 3.38. The van der Waals surface area contributed by atoms with Gasteiger partial charge in [-0.2, -0.15) is 0 Å². The number of carbonyl (C=O) groups excluding carboxylic acids is 1. The van der Waals surface area contributed by atoms with Gasteiger partial charge in [0.2, 0.25) is 0 Å². The molecular weight excluding hydrogens is 239 g/mol. The summed E-state index contributed by atoms with van der Waals surface area (Å²) < 4.78 is 12.9. The van der Waals surface area contributed by atoms with Gasteiger partial charge in [0, 0.05) is 16.4 Å². The van der Waals surface area contributed by atoms with Crippen molar-refractivity contribution >= 4 is 5.78 Å². The molecule has 0 saturated heterocycles. The van der Waals surface area contributed by atoms with E-state index in [0.717, 1.165) is 12.8 Å². The van der Waals surface area contributed by atoms with Crippen molar-refractivity contribution in [2.75, 3.05) is 0 Å². The second-order valence-electron chi connectivity index (χ2n) is 5.72. The van der Waals surface area contributed by atoms with Crippen LogP contribution >= 0.6 is 0 Å². The number of benzene rings is 2. The molecule has 0 aliphatic heterocycles. The van der Waals surface area contributed by atoms with E-state index in [9.17, 15) is 9.18 Å². The van der Waals surface area contributed by atoms with Crippen molar-refractivity contribution < 1.29 is 9.18 Å². The number of fused-ring (bicyclic) bond motifs is 1. The van der Waals surface area contributed by atoms with Crippen molar-refractivity contribution in [3.8, 4) is 0 Å². The van der Waals surface area contributed by atoms with Crippen LogP contribution in [-0.2, 0) is 5.41 Å². The molecule has 0 atom stereocenters. The first-order chi connectivity index (χ1) is 9.18. The highest BCUT2D eigenvalue weighted by Crippen LogP contribution is 2.86. The topological polar surface area (TPSA) is 17.1 Å². The molecule has 0 amide bonds. The third kappa shape index (κ3) is 1.31. The first-order valence-corrected chi connectivity index (χ1v) is 6.54. The van der Waals surface area contributed by atoms with Crippen LogP contribution in [0.3, 0.4) is 0 Å². The number of halogens is 1. The van der Waals surface area contributed by atoms with E-state index in [-0.39, 0.29) is 22.4 Å². The van der Waals surface area contributed by atoms with Crippen molar-refractivity contribution in [2.45, 2.75) is 18.3 Å². The van der Waals surface area contributed by atoms with E-state index in [1.165, 1.54) is 17.7 Å². The summed E-state index contributed by atoms with van der Waals surface area (Å²) in [6.07, 6.45) is 1.89.